The lowest BCUT2D eigenvalue weighted by Gasteiger charge is -2.02. The number of carbonyl (C=O) groups excluding carboxylic acids is 1. The molecule has 1 heterocycles. The summed E-state index contributed by atoms with van der Waals surface area (Å²) in [4.78, 5) is 21.5. The van der Waals surface area contributed by atoms with Crippen LogP contribution in [0.1, 0.15) is 26.2 Å². The molecule has 0 radical (unpaired) electrons. The fourth-order valence-corrected chi connectivity index (χ4v) is 2.18. The molecule has 1 aliphatic rings. The van der Waals surface area contributed by atoms with Gasteiger partial charge in [-0.3, -0.25) is 9.59 Å². The van der Waals surface area contributed by atoms with Gasteiger partial charge in [0.15, 0.2) is 0 Å². The second-order valence-corrected chi connectivity index (χ2v) is 5.04. The third kappa shape index (κ3) is 6.53. The van der Waals surface area contributed by atoms with E-state index in [1.807, 2.05) is 6.92 Å². The van der Waals surface area contributed by atoms with Gasteiger partial charge in [0.05, 0.1) is 18.9 Å². The summed E-state index contributed by atoms with van der Waals surface area (Å²) >= 11 is 1.45. The van der Waals surface area contributed by atoms with E-state index in [1.54, 1.807) is 0 Å². The molecule has 6 heteroatoms. The van der Waals surface area contributed by atoms with Gasteiger partial charge < -0.3 is 14.6 Å². The highest BCUT2D eigenvalue weighted by molar-refractivity contribution is 7.99. The zero-order chi connectivity index (χ0) is 12.7. The number of esters is 1. The van der Waals surface area contributed by atoms with Crippen molar-refractivity contribution in [2.75, 3.05) is 18.1 Å². The zero-order valence-electron chi connectivity index (χ0n) is 9.89. The van der Waals surface area contributed by atoms with Crippen molar-refractivity contribution in [2.24, 2.45) is 0 Å². The van der Waals surface area contributed by atoms with E-state index in [1.165, 1.54) is 11.8 Å². The van der Waals surface area contributed by atoms with Crippen molar-refractivity contribution < 1.29 is 24.2 Å². The number of ether oxygens (including phenoxy) is 2. The van der Waals surface area contributed by atoms with Gasteiger partial charge in [0, 0.05) is 11.5 Å². The molecule has 2 unspecified atom stereocenters. The van der Waals surface area contributed by atoms with Crippen molar-refractivity contribution in [3.8, 4) is 0 Å². The molecule has 1 N–H and O–H groups in total. The van der Waals surface area contributed by atoms with Gasteiger partial charge in [0.1, 0.15) is 12.7 Å². The molecule has 2 atom stereocenters. The fraction of sp³-hybridized carbons (Fsp3) is 0.818. The quantitative estimate of drug-likeness (QED) is 0.383. The van der Waals surface area contributed by atoms with Crippen LogP contribution >= 0.6 is 11.8 Å². The molecule has 1 rings (SSSR count). The van der Waals surface area contributed by atoms with Crippen molar-refractivity contribution in [1.29, 1.82) is 0 Å². The topological polar surface area (TPSA) is 76.1 Å². The molecule has 0 spiro atoms. The first-order valence-corrected chi connectivity index (χ1v) is 6.89. The molecular weight excluding hydrogens is 244 g/mol. The Hall–Kier alpha value is -0.750. The van der Waals surface area contributed by atoms with Gasteiger partial charge in [-0.2, -0.15) is 11.8 Å². The molecule has 0 aromatic rings. The van der Waals surface area contributed by atoms with Crippen molar-refractivity contribution in [2.45, 2.75) is 38.4 Å². The molecule has 1 saturated heterocycles. The van der Waals surface area contributed by atoms with Crippen LogP contribution < -0.4 is 0 Å². The first-order chi connectivity index (χ1) is 8.13. The minimum atomic E-state index is -0.809. The number of epoxide rings is 1. The standard InChI is InChI=1S/C11H18O5S/c1-2-8-9(16-8)7-15-11(14)4-6-17-5-3-10(12)13/h8-9H,2-7H2,1H3,(H,12,13). The van der Waals surface area contributed by atoms with Gasteiger partial charge in [0.25, 0.3) is 0 Å². The van der Waals surface area contributed by atoms with Gasteiger partial charge in [-0.15, -0.1) is 0 Å². The van der Waals surface area contributed by atoms with Gasteiger partial charge in [-0.05, 0) is 6.42 Å². The smallest absolute Gasteiger partial charge is 0.306 e. The minimum Gasteiger partial charge on any atom is -0.481 e. The first-order valence-electron chi connectivity index (χ1n) is 5.74. The van der Waals surface area contributed by atoms with Crippen LogP contribution in [0, 0.1) is 0 Å². The number of rotatable bonds is 9. The lowest BCUT2D eigenvalue weighted by atomic mass is 10.3. The molecule has 0 amide bonds. The first kappa shape index (κ1) is 14.3. The zero-order valence-corrected chi connectivity index (χ0v) is 10.7. The van der Waals surface area contributed by atoms with Crippen LogP contribution in [0.2, 0.25) is 0 Å². The summed E-state index contributed by atoms with van der Waals surface area (Å²) in [6.45, 7) is 2.38. The van der Waals surface area contributed by atoms with E-state index in [4.69, 9.17) is 14.6 Å². The number of hydrogen-bond donors (Lipinski definition) is 1. The molecule has 0 aliphatic carbocycles. The molecule has 0 saturated carbocycles. The second kappa shape index (κ2) is 7.55. The third-order valence-electron chi connectivity index (χ3n) is 2.41. The number of carbonyl (C=O) groups is 2. The molecule has 0 bridgehead atoms. The van der Waals surface area contributed by atoms with Crippen LogP contribution in [0.4, 0.5) is 0 Å². The minimum absolute atomic E-state index is 0.0867. The Bertz CT molecular complexity index is 269. The highest BCUT2D eigenvalue weighted by Gasteiger charge is 2.37. The Morgan fingerprint density at radius 1 is 1.29 bits per heavy atom. The maximum absolute atomic E-state index is 11.3. The number of carboxylic acid groups (broad SMARTS) is 1. The van der Waals surface area contributed by atoms with E-state index in [2.05, 4.69) is 0 Å². The molecular formula is C11H18O5S. The average molecular weight is 262 g/mol. The van der Waals surface area contributed by atoms with Crippen LogP contribution in [0.25, 0.3) is 0 Å². The second-order valence-electron chi connectivity index (χ2n) is 3.81. The molecule has 0 aromatic carbocycles. The van der Waals surface area contributed by atoms with Crippen LogP contribution in [0.3, 0.4) is 0 Å². The summed E-state index contributed by atoms with van der Waals surface area (Å²) in [5.41, 5.74) is 0. The summed E-state index contributed by atoms with van der Waals surface area (Å²) in [6, 6.07) is 0. The fourth-order valence-electron chi connectivity index (χ4n) is 1.35. The van der Waals surface area contributed by atoms with Crippen molar-refractivity contribution in [3.63, 3.8) is 0 Å². The van der Waals surface area contributed by atoms with E-state index >= 15 is 0 Å². The van der Waals surface area contributed by atoms with Crippen molar-refractivity contribution in [3.05, 3.63) is 0 Å². The predicted octanol–water partition coefficient (Wildman–Crippen LogP) is 1.30. The Balaban J connectivity index is 1.89. The Morgan fingerprint density at radius 3 is 2.59 bits per heavy atom. The van der Waals surface area contributed by atoms with Gasteiger partial charge in [-0.1, -0.05) is 6.92 Å². The van der Waals surface area contributed by atoms with E-state index < -0.39 is 5.97 Å². The highest BCUT2D eigenvalue weighted by Crippen LogP contribution is 2.25. The Kier molecular flexibility index (Phi) is 6.36. The number of carboxylic acids is 1. The number of thioether (sulfide) groups is 1. The van der Waals surface area contributed by atoms with Gasteiger partial charge in [-0.25, -0.2) is 0 Å². The van der Waals surface area contributed by atoms with Crippen molar-refractivity contribution >= 4 is 23.7 Å². The Morgan fingerprint density at radius 2 is 2.00 bits per heavy atom. The number of aliphatic carboxylic acids is 1. The maximum Gasteiger partial charge on any atom is 0.306 e. The lowest BCUT2D eigenvalue weighted by molar-refractivity contribution is -0.143. The predicted molar refractivity (Wildman–Crippen MR) is 64.1 cm³/mol. The normalized spacial score (nSPS) is 22.2. The molecule has 0 aromatic heterocycles. The highest BCUT2D eigenvalue weighted by atomic mass is 32.2. The van der Waals surface area contributed by atoms with Crippen LogP contribution in [-0.2, 0) is 19.1 Å². The van der Waals surface area contributed by atoms with Crippen LogP contribution in [-0.4, -0.2) is 47.4 Å². The maximum atomic E-state index is 11.3. The van der Waals surface area contributed by atoms with Gasteiger partial charge >= 0.3 is 11.9 Å². The monoisotopic (exact) mass is 262 g/mol. The Labute approximate surface area is 105 Å². The molecule has 1 aliphatic heterocycles. The van der Waals surface area contributed by atoms with E-state index in [9.17, 15) is 9.59 Å². The molecule has 98 valence electrons. The molecule has 1 fully saturated rings. The van der Waals surface area contributed by atoms with Crippen LogP contribution in [0.5, 0.6) is 0 Å². The molecule has 5 nitrogen and oxygen atoms in total. The summed E-state index contributed by atoms with van der Waals surface area (Å²) in [7, 11) is 0. The molecule has 17 heavy (non-hydrogen) atoms. The summed E-state index contributed by atoms with van der Waals surface area (Å²) in [5.74, 6) is 0.0934. The van der Waals surface area contributed by atoms with E-state index in [-0.39, 0.29) is 24.6 Å². The van der Waals surface area contributed by atoms with Crippen LogP contribution in [0.15, 0.2) is 0 Å². The summed E-state index contributed by atoms with van der Waals surface area (Å²) < 4.78 is 10.3. The van der Waals surface area contributed by atoms with E-state index in [0.717, 1.165) is 6.42 Å². The van der Waals surface area contributed by atoms with Crippen molar-refractivity contribution in [1.82, 2.24) is 0 Å². The van der Waals surface area contributed by atoms with Gasteiger partial charge in [0.2, 0.25) is 0 Å². The summed E-state index contributed by atoms with van der Waals surface area (Å²) in [6.07, 6.45) is 1.76. The summed E-state index contributed by atoms with van der Waals surface area (Å²) in [5, 5.41) is 8.40. The largest absolute Gasteiger partial charge is 0.481 e. The van der Waals surface area contributed by atoms with E-state index in [0.29, 0.717) is 24.5 Å². The number of hydrogen-bond acceptors (Lipinski definition) is 5. The lowest BCUT2D eigenvalue weighted by Crippen LogP contribution is -2.12. The third-order valence-corrected chi connectivity index (χ3v) is 3.39. The average Bonchev–Trinajstić information content (AvgIpc) is 3.04. The SMILES string of the molecule is CCC1OC1COC(=O)CCSCCC(=O)O.